The Bertz CT molecular complexity index is 532. The van der Waals surface area contributed by atoms with E-state index < -0.39 is 0 Å². The summed E-state index contributed by atoms with van der Waals surface area (Å²) in [7, 11) is 3.11. The standard InChI is InChI=1S/C16H20O4/c1-10(2)7-12-5-6-13-11(9-17)8-14(18-3)16(19-4)15(13)20-12/h5-6,8-10,12H,7H2,1-4H3/t12-/m1/s1. The van der Waals surface area contributed by atoms with Crippen LogP contribution in [0.15, 0.2) is 12.1 Å². The second kappa shape index (κ2) is 5.99. The molecule has 0 spiro atoms. The van der Waals surface area contributed by atoms with Gasteiger partial charge in [-0.05, 0) is 24.5 Å². The summed E-state index contributed by atoms with van der Waals surface area (Å²) < 4.78 is 16.7. The van der Waals surface area contributed by atoms with E-state index in [4.69, 9.17) is 14.2 Å². The predicted molar refractivity (Wildman–Crippen MR) is 77.8 cm³/mol. The quantitative estimate of drug-likeness (QED) is 0.774. The molecule has 0 aromatic heterocycles. The van der Waals surface area contributed by atoms with Crippen molar-refractivity contribution in [1.29, 1.82) is 0 Å². The van der Waals surface area contributed by atoms with Crippen molar-refractivity contribution in [3.8, 4) is 17.2 Å². The van der Waals surface area contributed by atoms with E-state index in [0.717, 1.165) is 18.3 Å². The Morgan fingerprint density at radius 3 is 2.65 bits per heavy atom. The van der Waals surface area contributed by atoms with E-state index >= 15 is 0 Å². The molecule has 1 aliphatic rings. The summed E-state index contributed by atoms with van der Waals surface area (Å²) in [5.74, 6) is 2.15. The third-order valence-electron chi connectivity index (χ3n) is 3.27. The zero-order valence-electron chi connectivity index (χ0n) is 12.3. The average Bonchev–Trinajstić information content (AvgIpc) is 2.44. The Balaban J connectivity index is 2.49. The van der Waals surface area contributed by atoms with Gasteiger partial charge >= 0.3 is 0 Å². The lowest BCUT2D eigenvalue weighted by Crippen LogP contribution is -2.20. The fourth-order valence-electron chi connectivity index (χ4n) is 2.37. The third-order valence-corrected chi connectivity index (χ3v) is 3.27. The molecule has 0 amide bonds. The maximum atomic E-state index is 11.2. The van der Waals surface area contributed by atoms with E-state index in [-0.39, 0.29) is 6.10 Å². The zero-order chi connectivity index (χ0) is 14.7. The van der Waals surface area contributed by atoms with E-state index in [2.05, 4.69) is 13.8 Å². The Kier molecular flexibility index (Phi) is 4.32. The Morgan fingerprint density at radius 1 is 1.35 bits per heavy atom. The van der Waals surface area contributed by atoms with Crippen molar-refractivity contribution in [1.82, 2.24) is 0 Å². The van der Waals surface area contributed by atoms with Gasteiger partial charge in [-0.1, -0.05) is 19.9 Å². The molecular formula is C16H20O4. The lowest BCUT2D eigenvalue weighted by molar-refractivity contribution is 0.112. The molecule has 0 fully saturated rings. The molecule has 4 heteroatoms. The van der Waals surface area contributed by atoms with Gasteiger partial charge in [-0.25, -0.2) is 0 Å². The first-order valence-corrected chi connectivity index (χ1v) is 6.69. The summed E-state index contributed by atoms with van der Waals surface area (Å²) in [5, 5.41) is 0. The highest BCUT2D eigenvalue weighted by Crippen LogP contribution is 2.44. The minimum Gasteiger partial charge on any atom is -0.493 e. The van der Waals surface area contributed by atoms with Crippen LogP contribution < -0.4 is 14.2 Å². The van der Waals surface area contributed by atoms with Crippen LogP contribution in [0.4, 0.5) is 0 Å². The van der Waals surface area contributed by atoms with Gasteiger partial charge in [0.15, 0.2) is 17.8 Å². The number of aldehydes is 1. The van der Waals surface area contributed by atoms with E-state index in [1.807, 2.05) is 12.2 Å². The Morgan fingerprint density at radius 2 is 2.10 bits per heavy atom. The van der Waals surface area contributed by atoms with Gasteiger partial charge in [-0.15, -0.1) is 0 Å². The minimum absolute atomic E-state index is 0.0111. The number of carbonyl (C=O) groups is 1. The van der Waals surface area contributed by atoms with E-state index in [1.54, 1.807) is 20.3 Å². The molecule has 1 aromatic rings. The molecule has 1 atom stereocenters. The highest BCUT2D eigenvalue weighted by atomic mass is 16.5. The van der Waals surface area contributed by atoms with Crippen molar-refractivity contribution in [3.05, 3.63) is 23.3 Å². The van der Waals surface area contributed by atoms with Crippen molar-refractivity contribution in [2.24, 2.45) is 5.92 Å². The number of carbonyl (C=O) groups excluding carboxylic acids is 1. The molecule has 1 aromatic carbocycles. The molecule has 0 bridgehead atoms. The normalized spacial score (nSPS) is 16.6. The summed E-state index contributed by atoms with van der Waals surface area (Å²) in [5.41, 5.74) is 1.29. The number of rotatable bonds is 5. The third kappa shape index (κ3) is 2.64. The monoisotopic (exact) mass is 276 g/mol. The van der Waals surface area contributed by atoms with Crippen molar-refractivity contribution in [2.45, 2.75) is 26.4 Å². The molecule has 1 heterocycles. The minimum atomic E-state index is -0.0111. The largest absolute Gasteiger partial charge is 0.493 e. The topological polar surface area (TPSA) is 44.8 Å². The second-order valence-corrected chi connectivity index (χ2v) is 5.21. The smallest absolute Gasteiger partial charge is 0.203 e. The first-order valence-electron chi connectivity index (χ1n) is 6.69. The van der Waals surface area contributed by atoms with E-state index in [0.29, 0.717) is 28.7 Å². The van der Waals surface area contributed by atoms with Crippen LogP contribution in [0.25, 0.3) is 6.08 Å². The van der Waals surface area contributed by atoms with Crippen LogP contribution in [0.3, 0.4) is 0 Å². The predicted octanol–water partition coefficient (Wildman–Crippen LogP) is 3.34. The number of ether oxygens (including phenoxy) is 3. The zero-order valence-corrected chi connectivity index (χ0v) is 12.3. The summed E-state index contributed by atoms with van der Waals surface area (Å²) >= 11 is 0. The van der Waals surface area contributed by atoms with E-state index in [1.165, 1.54) is 0 Å². The van der Waals surface area contributed by atoms with E-state index in [9.17, 15) is 4.79 Å². The van der Waals surface area contributed by atoms with Crippen molar-refractivity contribution < 1.29 is 19.0 Å². The molecule has 0 aliphatic carbocycles. The van der Waals surface area contributed by atoms with Gasteiger partial charge in [0.05, 0.1) is 14.2 Å². The van der Waals surface area contributed by atoms with Crippen LogP contribution in [0, 0.1) is 5.92 Å². The van der Waals surface area contributed by atoms with Crippen LogP contribution in [0.1, 0.15) is 36.2 Å². The van der Waals surface area contributed by atoms with Crippen LogP contribution in [0.2, 0.25) is 0 Å². The van der Waals surface area contributed by atoms with Gasteiger partial charge in [-0.3, -0.25) is 4.79 Å². The SMILES string of the molecule is COc1cc(C=O)c2c(c1OC)O[C@@H](CC(C)C)C=C2. The molecule has 0 N–H and O–H groups in total. The average molecular weight is 276 g/mol. The van der Waals surface area contributed by atoms with Gasteiger partial charge in [0.2, 0.25) is 5.75 Å². The summed E-state index contributed by atoms with van der Waals surface area (Å²) in [6.45, 7) is 4.29. The lowest BCUT2D eigenvalue weighted by atomic mass is 9.99. The van der Waals surface area contributed by atoms with Crippen molar-refractivity contribution in [3.63, 3.8) is 0 Å². The second-order valence-electron chi connectivity index (χ2n) is 5.21. The van der Waals surface area contributed by atoms with Gasteiger partial charge in [0.25, 0.3) is 0 Å². The Hall–Kier alpha value is -1.97. The number of benzene rings is 1. The molecule has 0 radical (unpaired) electrons. The van der Waals surface area contributed by atoms with Crippen molar-refractivity contribution in [2.75, 3.05) is 14.2 Å². The summed E-state index contributed by atoms with van der Waals surface area (Å²) in [6, 6.07) is 1.67. The maximum absolute atomic E-state index is 11.2. The van der Waals surface area contributed by atoms with Crippen molar-refractivity contribution >= 4 is 12.4 Å². The van der Waals surface area contributed by atoms with Gasteiger partial charge in [-0.2, -0.15) is 0 Å². The van der Waals surface area contributed by atoms with Gasteiger partial charge in [0.1, 0.15) is 6.10 Å². The molecule has 108 valence electrons. The summed E-state index contributed by atoms with van der Waals surface area (Å²) in [4.78, 5) is 11.2. The molecule has 20 heavy (non-hydrogen) atoms. The fourth-order valence-corrected chi connectivity index (χ4v) is 2.37. The molecule has 4 nitrogen and oxygen atoms in total. The van der Waals surface area contributed by atoms with Crippen LogP contribution in [-0.2, 0) is 0 Å². The van der Waals surface area contributed by atoms with Gasteiger partial charge < -0.3 is 14.2 Å². The maximum Gasteiger partial charge on any atom is 0.203 e. The van der Waals surface area contributed by atoms with Crippen LogP contribution in [0.5, 0.6) is 17.2 Å². The highest BCUT2D eigenvalue weighted by molar-refractivity contribution is 5.87. The highest BCUT2D eigenvalue weighted by Gasteiger charge is 2.25. The first kappa shape index (κ1) is 14.4. The lowest BCUT2D eigenvalue weighted by Gasteiger charge is -2.26. The van der Waals surface area contributed by atoms with Crippen LogP contribution in [-0.4, -0.2) is 26.6 Å². The summed E-state index contributed by atoms with van der Waals surface area (Å²) in [6.07, 6.45) is 5.62. The molecule has 0 saturated heterocycles. The number of hydrogen-bond acceptors (Lipinski definition) is 4. The molecule has 0 saturated carbocycles. The molecule has 1 aliphatic heterocycles. The van der Waals surface area contributed by atoms with Crippen LogP contribution >= 0.6 is 0 Å². The number of hydrogen-bond donors (Lipinski definition) is 0. The molecular weight excluding hydrogens is 256 g/mol. The fraction of sp³-hybridized carbons (Fsp3) is 0.438. The Labute approximate surface area is 119 Å². The molecule has 2 rings (SSSR count). The number of fused-ring (bicyclic) bond motifs is 1. The van der Waals surface area contributed by atoms with Gasteiger partial charge in [0, 0.05) is 11.1 Å². The number of methoxy groups -OCH3 is 2. The first-order chi connectivity index (χ1) is 9.60. The molecule has 0 unspecified atom stereocenters.